The Balaban J connectivity index is 3.47. The van der Waals surface area contributed by atoms with Gasteiger partial charge in [0.1, 0.15) is 6.61 Å². The van der Waals surface area contributed by atoms with Crippen molar-refractivity contribution in [2.75, 3.05) is 13.2 Å². The fourth-order valence-electron chi connectivity index (χ4n) is 8.32. The smallest absolute Gasteiger partial charge is 0.306 e. The maximum Gasteiger partial charge on any atom is 0.306 e. The third-order valence-electron chi connectivity index (χ3n) is 12.7. The number of esters is 2. The Kier molecular flexibility index (Phi) is 55.9. The van der Waals surface area contributed by atoms with Crippen molar-refractivity contribution in [1.82, 2.24) is 0 Å². The van der Waals surface area contributed by atoms with E-state index in [0.29, 0.717) is 12.8 Å². The Labute approximate surface area is 422 Å². The molecule has 0 aliphatic rings. The highest BCUT2D eigenvalue weighted by molar-refractivity contribution is 5.70. The molecule has 0 saturated carbocycles. The second-order valence-electron chi connectivity index (χ2n) is 19.3. The van der Waals surface area contributed by atoms with Gasteiger partial charge in [0.15, 0.2) is 6.10 Å². The van der Waals surface area contributed by atoms with Gasteiger partial charge in [-0.2, -0.15) is 0 Å². The fourth-order valence-corrected chi connectivity index (χ4v) is 8.32. The molecule has 0 rings (SSSR count). The molecule has 0 aromatic rings. The van der Waals surface area contributed by atoms with Crippen molar-refractivity contribution < 1.29 is 24.2 Å². The molecule has 68 heavy (non-hydrogen) atoms. The maximum absolute atomic E-state index is 12.3. The topological polar surface area (TPSA) is 72.8 Å². The number of carbonyl (C=O) groups excluding carboxylic acids is 2. The predicted octanol–water partition coefficient (Wildman–Crippen LogP) is 19.8. The SMILES string of the molecule is CC/C=C\C/C=C\C/C=C\C/C=C\C/C=C\C/C=C\CCCCCCCCCCCCCCCCCCC(=O)OC(CO)COC(=O)CCCCCCCCCCC/C=C\CCCCCCCC. The lowest BCUT2D eigenvalue weighted by atomic mass is 10.0. The minimum absolute atomic E-state index is 0.0666. The Morgan fingerprint density at radius 2 is 0.632 bits per heavy atom. The molecule has 0 bridgehead atoms. The van der Waals surface area contributed by atoms with Crippen molar-refractivity contribution in [1.29, 1.82) is 0 Å². The van der Waals surface area contributed by atoms with Crippen LogP contribution in [0.15, 0.2) is 85.1 Å². The van der Waals surface area contributed by atoms with Crippen LogP contribution < -0.4 is 0 Å². The summed E-state index contributed by atoms with van der Waals surface area (Å²) >= 11 is 0. The minimum atomic E-state index is -0.775. The van der Waals surface area contributed by atoms with Gasteiger partial charge in [0.25, 0.3) is 0 Å². The van der Waals surface area contributed by atoms with Crippen LogP contribution in [-0.4, -0.2) is 36.4 Å². The molecule has 0 fully saturated rings. The Bertz CT molecular complexity index is 1250. The number of rotatable bonds is 53. The van der Waals surface area contributed by atoms with Gasteiger partial charge < -0.3 is 14.6 Å². The molecule has 0 aliphatic heterocycles. The molecule has 0 amide bonds. The number of unbranched alkanes of at least 4 members (excludes halogenated alkanes) is 31. The third-order valence-corrected chi connectivity index (χ3v) is 12.7. The van der Waals surface area contributed by atoms with Crippen LogP contribution >= 0.6 is 0 Å². The lowest BCUT2D eigenvalue weighted by molar-refractivity contribution is -0.161. The number of ether oxygens (including phenoxy) is 2. The highest BCUT2D eigenvalue weighted by Crippen LogP contribution is 2.16. The molecule has 5 heteroatoms. The molecule has 392 valence electrons. The Morgan fingerprint density at radius 3 is 0.971 bits per heavy atom. The van der Waals surface area contributed by atoms with E-state index < -0.39 is 6.10 Å². The summed E-state index contributed by atoms with van der Waals surface area (Å²) in [6, 6.07) is 0. The third kappa shape index (κ3) is 55.7. The second kappa shape index (κ2) is 58.4. The van der Waals surface area contributed by atoms with Gasteiger partial charge in [-0.1, -0.05) is 266 Å². The summed E-state index contributed by atoms with van der Waals surface area (Å²) in [5, 5.41) is 9.65. The predicted molar refractivity (Wildman–Crippen MR) is 297 cm³/mol. The van der Waals surface area contributed by atoms with Gasteiger partial charge in [-0.25, -0.2) is 0 Å². The van der Waals surface area contributed by atoms with Gasteiger partial charge in [-0.3, -0.25) is 9.59 Å². The molecule has 1 atom stereocenters. The normalized spacial score (nSPS) is 12.8. The van der Waals surface area contributed by atoms with Crippen LogP contribution in [0.25, 0.3) is 0 Å². The summed E-state index contributed by atoms with van der Waals surface area (Å²) in [7, 11) is 0. The Hall–Kier alpha value is -2.92. The lowest BCUT2D eigenvalue weighted by Crippen LogP contribution is -2.28. The van der Waals surface area contributed by atoms with Crippen LogP contribution in [0.5, 0.6) is 0 Å². The molecule has 0 heterocycles. The molecular weight excluding hydrogens is 837 g/mol. The monoisotopic (exact) mass is 947 g/mol. The first-order valence-electron chi connectivity index (χ1n) is 29.1. The average molecular weight is 948 g/mol. The summed E-state index contributed by atoms with van der Waals surface area (Å²) in [6.07, 6.45) is 81.3. The van der Waals surface area contributed by atoms with Gasteiger partial charge in [-0.05, 0) is 89.9 Å². The van der Waals surface area contributed by atoms with Gasteiger partial charge in [0, 0.05) is 12.8 Å². The molecule has 0 aromatic carbocycles. The van der Waals surface area contributed by atoms with E-state index in [0.717, 1.165) is 77.0 Å². The number of hydrogen-bond acceptors (Lipinski definition) is 5. The summed E-state index contributed by atoms with van der Waals surface area (Å²) in [6.45, 7) is 4.04. The molecule has 0 radical (unpaired) electrons. The van der Waals surface area contributed by atoms with E-state index in [1.807, 2.05) is 0 Å². The summed E-state index contributed by atoms with van der Waals surface area (Å²) in [4.78, 5) is 24.5. The van der Waals surface area contributed by atoms with Crippen LogP contribution in [0.1, 0.15) is 284 Å². The fraction of sp³-hybridized carbons (Fsp3) is 0.746. The van der Waals surface area contributed by atoms with Crippen LogP contribution in [0.4, 0.5) is 0 Å². The van der Waals surface area contributed by atoms with E-state index in [1.165, 1.54) is 180 Å². The largest absolute Gasteiger partial charge is 0.462 e. The highest BCUT2D eigenvalue weighted by Gasteiger charge is 2.16. The van der Waals surface area contributed by atoms with Crippen molar-refractivity contribution in [3.8, 4) is 0 Å². The van der Waals surface area contributed by atoms with E-state index in [-0.39, 0.29) is 25.2 Å². The lowest BCUT2D eigenvalue weighted by Gasteiger charge is -2.15. The molecule has 5 nitrogen and oxygen atoms in total. The van der Waals surface area contributed by atoms with Crippen molar-refractivity contribution in [2.45, 2.75) is 290 Å². The van der Waals surface area contributed by atoms with E-state index in [9.17, 15) is 14.7 Å². The summed E-state index contributed by atoms with van der Waals surface area (Å²) < 4.78 is 10.7. The first-order valence-corrected chi connectivity index (χ1v) is 29.1. The van der Waals surface area contributed by atoms with Crippen molar-refractivity contribution in [2.24, 2.45) is 0 Å². The molecule has 1 unspecified atom stereocenters. The van der Waals surface area contributed by atoms with E-state index >= 15 is 0 Å². The Morgan fingerprint density at radius 1 is 0.353 bits per heavy atom. The zero-order valence-electron chi connectivity index (χ0n) is 44.9. The highest BCUT2D eigenvalue weighted by atomic mass is 16.6. The average Bonchev–Trinajstić information content (AvgIpc) is 3.34. The zero-order chi connectivity index (χ0) is 49.2. The number of aliphatic hydroxyl groups is 1. The maximum atomic E-state index is 12.3. The van der Waals surface area contributed by atoms with E-state index in [1.54, 1.807) is 0 Å². The van der Waals surface area contributed by atoms with Crippen LogP contribution in [0.3, 0.4) is 0 Å². The van der Waals surface area contributed by atoms with Crippen LogP contribution in [0, 0.1) is 0 Å². The minimum Gasteiger partial charge on any atom is -0.462 e. The number of carbonyl (C=O) groups is 2. The number of allylic oxidation sites excluding steroid dienone is 14. The first-order chi connectivity index (χ1) is 33.6. The van der Waals surface area contributed by atoms with Gasteiger partial charge >= 0.3 is 11.9 Å². The molecule has 0 aromatic heterocycles. The van der Waals surface area contributed by atoms with Gasteiger partial charge in [0.2, 0.25) is 0 Å². The van der Waals surface area contributed by atoms with Crippen LogP contribution in [0.2, 0.25) is 0 Å². The van der Waals surface area contributed by atoms with Crippen molar-refractivity contribution in [3.63, 3.8) is 0 Å². The van der Waals surface area contributed by atoms with Crippen molar-refractivity contribution in [3.05, 3.63) is 85.1 Å². The molecular formula is C63H110O5. The first kappa shape index (κ1) is 65.1. The quantitative estimate of drug-likeness (QED) is 0.0374. The molecule has 0 spiro atoms. The second-order valence-corrected chi connectivity index (χ2v) is 19.3. The number of aliphatic hydroxyl groups excluding tert-OH is 1. The summed E-state index contributed by atoms with van der Waals surface area (Å²) in [5.41, 5.74) is 0. The summed E-state index contributed by atoms with van der Waals surface area (Å²) in [5.74, 6) is -0.585. The van der Waals surface area contributed by atoms with Gasteiger partial charge in [0.05, 0.1) is 6.61 Å². The van der Waals surface area contributed by atoms with E-state index in [4.69, 9.17) is 9.47 Å². The zero-order valence-corrected chi connectivity index (χ0v) is 44.9. The molecule has 0 saturated heterocycles. The van der Waals surface area contributed by atoms with E-state index in [2.05, 4.69) is 98.9 Å². The standard InChI is InChI=1S/C63H110O5/c1-3-5-7-9-11-13-15-17-19-21-23-24-25-26-27-28-29-30-31-32-33-34-35-36-37-38-40-42-44-46-48-50-52-54-56-58-63(66)68-61(59-64)60-67-62(65)57-55-53-51-49-47-45-43-41-39-22-20-18-16-14-12-10-8-6-4-2/h5,7,11,13,17-20,23-24,26-27,29-30,61,64H,3-4,6,8-10,12,14-16,21-22,25,28,31-60H2,1-2H3/b7-5-,13-11-,19-17-,20-18-,24-23-,27-26-,30-29-. The van der Waals surface area contributed by atoms with Gasteiger partial charge in [-0.15, -0.1) is 0 Å². The molecule has 0 aliphatic carbocycles. The molecule has 1 N–H and O–H groups in total. The van der Waals surface area contributed by atoms with Crippen LogP contribution in [-0.2, 0) is 19.1 Å². The number of hydrogen-bond donors (Lipinski definition) is 1. The van der Waals surface area contributed by atoms with Crippen molar-refractivity contribution >= 4 is 11.9 Å².